The highest BCUT2D eigenvalue weighted by Gasteiger charge is 2.21. The minimum atomic E-state index is -0.778. The van der Waals surface area contributed by atoms with Crippen LogP contribution in [-0.2, 0) is 4.79 Å². The Bertz CT molecular complexity index is 195. The molecule has 2 unspecified atom stereocenters. The summed E-state index contributed by atoms with van der Waals surface area (Å²) in [5, 5.41) is 12.0. The summed E-state index contributed by atoms with van der Waals surface area (Å²) in [5.74, 6) is -0.245. The first-order chi connectivity index (χ1) is 6.90. The highest BCUT2D eigenvalue weighted by molar-refractivity contribution is 5.73. The molecule has 0 amide bonds. The Kier molecular flexibility index (Phi) is 6.52. The number of aliphatic carboxylic acids is 1. The van der Waals surface area contributed by atoms with Gasteiger partial charge in [-0.3, -0.25) is 4.79 Å². The first-order valence-electron chi connectivity index (χ1n) is 5.56. The van der Waals surface area contributed by atoms with Gasteiger partial charge in [-0.05, 0) is 26.4 Å². The molecule has 0 aliphatic rings. The average Bonchev–Trinajstić information content (AvgIpc) is 2.15. The molecule has 15 heavy (non-hydrogen) atoms. The highest BCUT2D eigenvalue weighted by atomic mass is 16.4. The molecule has 4 nitrogen and oxygen atoms in total. The van der Waals surface area contributed by atoms with Crippen molar-refractivity contribution >= 4 is 5.97 Å². The summed E-state index contributed by atoms with van der Waals surface area (Å²) in [6.45, 7) is 9.55. The summed E-state index contributed by atoms with van der Waals surface area (Å²) in [6, 6.07) is -0.0771. The van der Waals surface area contributed by atoms with Gasteiger partial charge in [0, 0.05) is 12.6 Å². The molecule has 0 radical (unpaired) electrons. The fourth-order valence-electron chi connectivity index (χ4n) is 1.44. The fraction of sp³-hybridized carbons (Fsp3) is 0.909. The lowest BCUT2D eigenvalue weighted by molar-refractivity contribution is -0.140. The van der Waals surface area contributed by atoms with Crippen LogP contribution in [-0.4, -0.2) is 48.2 Å². The number of nitrogens with zero attached hydrogens (tertiary/aromatic N) is 1. The van der Waals surface area contributed by atoms with Gasteiger partial charge in [0.2, 0.25) is 0 Å². The van der Waals surface area contributed by atoms with Crippen LogP contribution >= 0.6 is 0 Å². The van der Waals surface area contributed by atoms with Gasteiger partial charge in [0.15, 0.2) is 0 Å². The van der Waals surface area contributed by atoms with Gasteiger partial charge in [-0.25, -0.2) is 0 Å². The van der Waals surface area contributed by atoms with Crippen molar-refractivity contribution in [3.05, 3.63) is 0 Å². The zero-order valence-corrected chi connectivity index (χ0v) is 10.4. The second kappa shape index (κ2) is 6.80. The van der Waals surface area contributed by atoms with Crippen molar-refractivity contribution in [3.8, 4) is 0 Å². The first kappa shape index (κ1) is 14.4. The molecule has 0 aromatic carbocycles. The Balaban J connectivity index is 4.21. The second-order valence-electron chi connectivity index (χ2n) is 4.37. The van der Waals surface area contributed by atoms with Crippen molar-refractivity contribution in [1.82, 2.24) is 10.2 Å². The quantitative estimate of drug-likeness (QED) is 0.667. The van der Waals surface area contributed by atoms with E-state index < -0.39 is 12.0 Å². The Morgan fingerprint density at radius 2 is 1.93 bits per heavy atom. The molecule has 0 aromatic rings. The number of rotatable bonds is 7. The van der Waals surface area contributed by atoms with Gasteiger partial charge >= 0.3 is 5.97 Å². The van der Waals surface area contributed by atoms with E-state index in [4.69, 9.17) is 5.11 Å². The van der Waals surface area contributed by atoms with Crippen LogP contribution in [0.25, 0.3) is 0 Å². The van der Waals surface area contributed by atoms with Gasteiger partial charge in [-0.1, -0.05) is 20.8 Å². The van der Waals surface area contributed by atoms with Gasteiger partial charge in [0.1, 0.15) is 6.04 Å². The average molecular weight is 216 g/mol. The maximum absolute atomic E-state index is 10.9. The molecule has 0 rings (SSSR count). The number of likely N-dealkylation sites (N-methyl/N-ethyl adjacent to an activating group) is 2. The molecule has 4 heteroatoms. The summed E-state index contributed by atoms with van der Waals surface area (Å²) >= 11 is 0. The van der Waals surface area contributed by atoms with Gasteiger partial charge in [-0.2, -0.15) is 0 Å². The van der Waals surface area contributed by atoms with Crippen LogP contribution in [0, 0.1) is 5.92 Å². The van der Waals surface area contributed by atoms with E-state index in [0.29, 0.717) is 25.0 Å². The summed E-state index contributed by atoms with van der Waals surface area (Å²) in [4.78, 5) is 13.0. The van der Waals surface area contributed by atoms with Crippen LogP contribution in [0.3, 0.4) is 0 Å². The number of carbonyl (C=O) groups is 1. The summed E-state index contributed by atoms with van der Waals surface area (Å²) < 4.78 is 0. The second-order valence-corrected chi connectivity index (χ2v) is 4.37. The fourth-order valence-corrected chi connectivity index (χ4v) is 1.44. The summed E-state index contributed by atoms with van der Waals surface area (Å²) in [6.07, 6.45) is 0. The van der Waals surface area contributed by atoms with E-state index in [1.165, 1.54) is 0 Å². The summed E-state index contributed by atoms with van der Waals surface area (Å²) in [7, 11) is 1.97. The summed E-state index contributed by atoms with van der Waals surface area (Å²) in [5.41, 5.74) is 0. The zero-order chi connectivity index (χ0) is 12.0. The van der Waals surface area contributed by atoms with Crippen molar-refractivity contribution in [2.24, 2.45) is 5.92 Å². The van der Waals surface area contributed by atoms with Crippen molar-refractivity contribution in [2.45, 2.75) is 39.8 Å². The van der Waals surface area contributed by atoms with E-state index >= 15 is 0 Å². The lowest BCUT2D eigenvalue weighted by Crippen LogP contribution is -2.48. The Morgan fingerprint density at radius 3 is 2.27 bits per heavy atom. The number of hydrogen-bond donors (Lipinski definition) is 2. The van der Waals surface area contributed by atoms with Crippen molar-refractivity contribution < 1.29 is 9.90 Å². The molecule has 0 spiro atoms. The van der Waals surface area contributed by atoms with Crippen LogP contribution in [0.1, 0.15) is 27.7 Å². The van der Waals surface area contributed by atoms with E-state index in [9.17, 15) is 4.79 Å². The van der Waals surface area contributed by atoms with Gasteiger partial charge in [0.25, 0.3) is 0 Å². The molecule has 2 atom stereocenters. The molecule has 0 saturated carbocycles. The van der Waals surface area contributed by atoms with E-state index in [1.54, 1.807) is 0 Å². The molecule has 2 N–H and O–H groups in total. The van der Waals surface area contributed by atoms with Crippen LogP contribution in [0.5, 0.6) is 0 Å². The van der Waals surface area contributed by atoms with Gasteiger partial charge < -0.3 is 15.3 Å². The van der Waals surface area contributed by atoms with E-state index in [-0.39, 0.29) is 0 Å². The maximum Gasteiger partial charge on any atom is 0.322 e. The molecule has 0 aliphatic heterocycles. The minimum absolute atomic E-state index is 0.394. The predicted molar refractivity (Wildman–Crippen MR) is 62.0 cm³/mol. The lowest BCUT2D eigenvalue weighted by atomic mass is 10.0. The van der Waals surface area contributed by atoms with Crippen molar-refractivity contribution in [1.29, 1.82) is 0 Å². The standard InChI is InChI=1S/C11H24N2O2/c1-6-12-10(11(14)15)7-13(5)9(4)8(2)3/h8-10,12H,6-7H2,1-5H3,(H,14,15). The molecular weight excluding hydrogens is 192 g/mol. The third-order valence-corrected chi connectivity index (χ3v) is 2.88. The smallest absolute Gasteiger partial charge is 0.322 e. The molecule has 0 bridgehead atoms. The van der Waals surface area contributed by atoms with E-state index in [2.05, 4.69) is 31.0 Å². The van der Waals surface area contributed by atoms with Gasteiger partial charge in [0.05, 0.1) is 0 Å². The SMILES string of the molecule is CCNC(CN(C)C(C)C(C)C)C(=O)O. The normalized spacial score (nSPS) is 15.7. The molecule has 0 aromatic heterocycles. The lowest BCUT2D eigenvalue weighted by Gasteiger charge is -2.30. The third-order valence-electron chi connectivity index (χ3n) is 2.88. The molecule has 90 valence electrons. The van der Waals surface area contributed by atoms with Crippen molar-refractivity contribution in [2.75, 3.05) is 20.1 Å². The van der Waals surface area contributed by atoms with Crippen LogP contribution in [0.2, 0.25) is 0 Å². The van der Waals surface area contributed by atoms with E-state index in [1.807, 2.05) is 14.0 Å². The molecule has 0 fully saturated rings. The van der Waals surface area contributed by atoms with E-state index in [0.717, 1.165) is 0 Å². The zero-order valence-electron chi connectivity index (χ0n) is 10.4. The molecule has 0 heterocycles. The minimum Gasteiger partial charge on any atom is -0.480 e. The predicted octanol–water partition coefficient (Wildman–Crippen LogP) is 1.03. The van der Waals surface area contributed by atoms with Crippen LogP contribution < -0.4 is 5.32 Å². The monoisotopic (exact) mass is 216 g/mol. The van der Waals surface area contributed by atoms with Crippen molar-refractivity contribution in [3.63, 3.8) is 0 Å². The molecular formula is C11H24N2O2. The first-order valence-corrected chi connectivity index (χ1v) is 5.56. The number of nitrogens with one attached hydrogen (secondary N) is 1. The largest absolute Gasteiger partial charge is 0.480 e. The molecule has 0 saturated heterocycles. The Labute approximate surface area is 92.7 Å². The van der Waals surface area contributed by atoms with Crippen LogP contribution in [0.4, 0.5) is 0 Å². The number of carboxylic acids is 1. The molecule has 0 aliphatic carbocycles. The topological polar surface area (TPSA) is 52.6 Å². The Morgan fingerprint density at radius 1 is 1.40 bits per heavy atom. The highest BCUT2D eigenvalue weighted by Crippen LogP contribution is 2.08. The third kappa shape index (κ3) is 5.14. The Hall–Kier alpha value is -0.610. The van der Waals surface area contributed by atoms with Gasteiger partial charge in [-0.15, -0.1) is 0 Å². The number of carboxylic acid groups (broad SMARTS) is 1. The maximum atomic E-state index is 10.9. The number of hydrogen-bond acceptors (Lipinski definition) is 3. The van der Waals surface area contributed by atoms with Crippen LogP contribution in [0.15, 0.2) is 0 Å².